The maximum Gasteiger partial charge on any atom is 0.269 e. The molecule has 1 heterocycles. The Morgan fingerprint density at radius 3 is 2.36 bits per heavy atom. The molecular weight excluding hydrogens is 465 g/mol. The van der Waals surface area contributed by atoms with Gasteiger partial charge in [0.25, 0.3) is 5.17 Å². The van der Waals surface area contributed by atoms with Crippen molar-refractivity contribution in [2.75, 3.05) is 38.7 Å². The quantitative estimate of drug-likeness (QED) is 0.266. The molecule has 0 saturated heterocycles. The third kappa shape index (κ3) is 7.96. The highest BCUT2D eigenvalue weighted by atomic mass is 32.1. The normalized spacial score (nSPS) is 11.5. The summed E-state index contributed by atoms with van der Waals surface area (Å²) in [5, 5.41) is 3.93. The first kappa shape index (κ1) is 25.4. The van der Waals surface area contributed by atoms with E-state index in [4.69, 9.17) is 21.7 Å². The third-order valence-corrected chi connectivity index (χ3v) is 8.82. The number of hydrogen-bond acceptors (Lipinski definition) is 5. The summed E-state index contributed by atoms with van der Waals surface area (Å²) in [7, 11) is 2.72. The zero-order valence-electron chi connectivity index (χ0n) is 20.2. The number of thiophene rings is 1. The molecule has 4 nitrogen and oxygen atoms in total. The van der Waals surface area contributed by atoms with E-state index in [0.717, 1.165) is 36.7 Å². The molecule has 0 aliphatic carbocycles. The Morgan fingerprint density at radius 1 is 0.939 bits per heavy atom. The fraction of sp³-hybridized carbons (Fsp3) is 0.346. The number of benzene rings is 2. The summed E-state index contributed by atoms with van der Waals surface area (Å²) in [5.41, 5.74) is 0.933. The van der Waals surface area contributed by atoms with Gasteiger partial charge in [0.2, 0.25) is 0 Å². The van der Waals surface area contributed by atoms with E-state index in [2.05, 4.69) is 61.2 Å². The van der Waals surface area contributed by atoms with Crippen LogP contribution in [0.1, 0.15) is 4.88 Å². The number of rotatable bonds is 10. The van der Waals surface area contributed by atoms with Crippen LogP contribution in [0.4, 0.5) is 5.69 Å². The molecule has 0 radical (unpaired) electrons. The van der Waals surface area contributed by atoms with E-state index in [-0.39, 0.29) is 0 Å². The molecule has 0 aliphatic rings. The number of likely N-dealkylation sites (N-methyl/N-ethyl adjacent to an activating group) is 1. The first-order valence-electron chi connectivity index (χ1n) is 11.2. The average Bonchev–Trinajstić information content (AvgIpc) is 3.31. The van der Waals surface area contributed by atoms with E-state index in [0.29, 0.717) is 11.8 Å². The molecule has 2 aromatic carbocycles. The van der Waals surface area contributed by atoms with E-state index in [1.165, 1.54) is 10.1 Å². The summed E-state index contributed by atoms with van der Waals surface area (Å²) in [5.74, 6) is 1.58. The van der Waals surface area contributed by atoms with Crippen molar-refractivity contribution in [3.63, 3.8) is 0 Å². The number of anilines is 1. The summed E-state index contributed by atoms with van der Waals surface area (Å²) in [6, 6.07) is 20.5. The lowest BCUT2D eigenvalue weighted by Crippen LogP contribution is -2.37. The monoisotopic (exact) mass is 498 g/mol. The van der Waals surface area contributed by atoms with E-state index in [1.54, 1.807) is 0 Å². The Kier molecular flexibility index (Phi) is 9.08. The standard InChI is InChI=1S/C26H34N2O2S2Si/c1-27(16-15-24-10-7-19-32-24)17-18-29-23-9-6-8-21(20-23)28(2)26(31)30-22-11-13-25(14-12-22)33(3,4)5/h6-14,19-20H,15-18H2,1-5H3. The lowest BCUT2D eigenvalue weighted by atomic mass is 10.3. The van der Waals surface area contributed by atoms with Crippen molar-refractivity contribution in [2.45, 2.75) is 26.1 Å². The van der Waals surface area contributed by atoms with Crippen LogP contribution in [0.5, 0.6) is 11.5 Å². The van der Waals surface area contributed by atoms with Gasteiger partial charge in [-0.2, -0.15) is 0 Å². The van der Waals surface area contributed by atoms with Crippen LogP contribution in [0.15, 0.2) is 66.0 Å². The van der Waals surface area contributed by atoms with Crippen LogP contribution in [0.3, 0.4) is 0 Å². The molecule has 0 atom stereocenters. The highest BCUT2D eigenvalue weighted by Gasteiger charge is 2.16. The van der Waals surface area contributed by atoms with Crippen molar-refractivity contribution in [3.05, 3.63) is 70.9 Å². The Balaban J connectivity index is 1.48. The molecule has 0 saturated carbocycles. The van der Waals surface area contributed by atoms with Crippen molar-refractivity contribution in [1.29, 1.82) is 0 Å². The number of thiocarbonyl (C=S) groups is 1. The molecule has 7 heteroatoms. The van der Waals surface area contributed by atoms with Crippen molar-refractivity contribution >= 4 is 47.7 Å². The van der Waals surface area contributed by atoms with Crippen molar-refractivity contribution < 1.29 is 9.47 Å². The Morgan fingerprint density at radius 2 is 1.70 bits per heavy atom. The summed E-state index contributed by atoms with van der Waals surface area (Å²) in [4.78, 5) is 5.58. The summed E-state index contributed by atoms with van der Waals surface area (Å²) in [6.07, 6.45) is 1.08. The predicted octanol–water partition coefficient (Wildman–Crippen LogP) is 5.65. The zero-order valence-corrected chi connectivity index (χ0v) is 22.8. The maximum absolute atomic E-state index is 6.00. The minimum atomic E-state index is -1.33. The molecule has 0 spiro atoms. The van der Waals surface area contributed by atoms with E-state index in [9.17, 15) is 0 Å². The van der Waals surface area contributed by atoms with Gasteiger partial charge in [-0.05, 0) is 61.4 Å². The lowest BCUT2D eigenvalue weighted by Gasteiger charge is -2.22. The van der Waals surface area contributed by atoms with Crippen LogP contribution in [0.2, 0.25) is 19.6 Å². The van der Waals surface area contributed by atoms with Gasteiger partial charge in [-0.25, -0.2) is 0 Å². The van der Waals surface area contributed by atoms with Crippen LogP contribution in [0.25, 0.3) is 0 Å². The smallest absolute Gasteiger partial charge is 0.269 e. The largest absolute Gasteiger partial charge is 0.492 e. The Hall–Kier alpha value is -2.19. The third-order valence-electron chi connectivity index (χ3n) is 5.47. The molecule has 0 fully saturated rings. The van der Waals surface area contributed by atoms with Gasteiger partial charge < -0.3 is 19.3 Å². The fourth-order valence-electron chi connectivity index (χ4n) is 3.27. The van der Waals surface area contributed by atoms with Crippen LogP contribution in [-0.2, 0) is 6.42 Å². The highest BCUT2D eigenvalue weighted by molar-refractivity contribution is 7.80. The van der Waals surface area contributed by atoms with Crippen LogP contribution in [0, 0.1) is 0 Å². The molecule has 1 aromatic heterocycles. The molecule has 3 rings (SSSR count). The summed E-state index contributed by atoms with van der Waals surface area (Å²) >= 11 is 7.35. The fourth-order valence-corrected chi connectivity index (χ4v) is 5.33. The van der Waals surface area contributed by atoms with E-state index in [1.807, 2.05) is 59.7 Å². The highest BCUT2D eigenvalue weighted by Crippen LogP contribution is 2.22. The Labute approximate surface area is 208 Å². The van der Waals surface area contributed by atoms with Crippen molar-refractivity contribution in [1.82, 2.24) is 4.90 Å². The second-order valence-corrected chi connectivity index (χ2v) is 15.6. The summed E-state index contributed by atoms with van der Waals surface area (Å²) in [6.45, 7) is 9.54. The lowest BCUT2D eigenvalue weighted by molar-refractivity contribution is 0.239. The molecule has 0 bridgehead atoms. The van der Waals surface area contributed by atoms with Gasteiger partial charge in [0.05, 0.1) is 8.07 Å². The molecule has 0 N–H and O–H groups in total. The van der Waals surface area contributed by atoms with Gasteiger partial charge in [0, 0.05) is 36.8 Å². The second-order valence-electron chi connectivity index (χ2n) is 9.18. The molecule has 3 aromatic rings. The minimum absolute atomic E-state index is 0.404. The number of hydrogen-bond donors (Lipinski definition) is 0. The topological polar surface area (TPSA) is 24.9 Å². The van der Waals surface area contributed by atoms with Gasteiger partial charge in [0.15, 0.2) is 0 Å². The van der Waals surface area contributed by atoms with Gasteiger partial charge in [0.1, 0.15) is 18.1 Å². The van der Waals surface area contributed by atoms with Gasteiger partial charge in [-0.3, -0.25) is 0 Å². The second kappa shape index (κ2) is 11.8. The van der Waals surface area contributed by atoms with Gasteiger partial charge >= 0.3 is 0 Å². The summed E-state index contributed by atoms with van der Waals surface area (Å²) < 4.78 is 11.9. The van der Waals surface area contributed by atoms with Crippen molar-refractivity contribution in [3.8, 4) is 11.5 Å². The molecule has 0 amide bonds. The number of nitrogens with zero attached hydrogens (tertiary/aromatic N) is 2. The minimum Gasteiger partial charge on any atom is -0.492 e. The molecule has 0 aliphatic heterocycles. The van der Waals surface area contributed by atoms with Crippen LogP contribution < -0.4 is 19.6 Å². The molecule has 176 valence electrons. The van der Waals surface area contributed by atoms with Gasteiger partial charge in [-0.15, -0.1) is 11.3 Å². The zero-order chi connectivity index (χ0) is 23.8. The predicted molar refractivity (Wildman–Crippen MR) is 149 cm³/mol. The molecule has 33 heavy (non-hydrogen) atoms. The van der Waals surface area contributed by atoms with Crippen LogP contribution in [-0.4, -0.2) is 51.9 Å². The first-order chi connectivity index (χ1) is 15.7. The maximum atomic E-state index is 6.00. The van der Waals surface area contributed by atoms with Gasteiger partial charge in [-0.1, -0.05) is 49.1 Å². The molecule has 0 unspecified atom stereocenters. The number of ether oxygens (including phenoxy) is 2. The molecular formula is C26H34N2O2S2Si. The Bertz CT molecular complexity index is 1020. The van der Waals surface area contributed by atoms with Crippen molar-refractivity contribution in [2.24, 2.45) is 0 Å². The average molecular weight is 499 g/mol. The first-order valence-corrected chi connectivity index (χ1v) is 16.0. The van der Waals surface area contributed by atoms with Crippen LogP contribution >= 0.6 is 23.6 Å². The van der Waals surface area contributed by atoms with E-state index < -0.39 is 8.07 Å². The van der Waals surface area contributed by atoms with E-state index >= 15 is 0 Å². The SMILES string of the molecule is CN(CCOc1cccc(N(C)C(=S)Oc2ccc([Si](C)(C)C)cc2)c1)CCc1cccs1.